The molecule has 0 radical (unpaired) electrons. The van der Waals surface area contributed by atoms with Crippen LogP contribution >= 0.6 is 11.3 Å². The van der Waals surface area contributed by atoms with E-state index in [0.29, 0.717) is 0 Å². The number of hydrogen-bond donors (Lipinski definition) is 2. The number of nitrogens with one attached hydrogen (secondary N) is 2. The van der Waals surface area contributed by atoms with Crippen molar-refractivity contribution in [3.8, 4) is 0 Å². The molecule has 2 heterocycles. The number of carbonyl (C=O) groups excluding carboxylic acids is 1. The van der Waals surface area contributed by atoms with Crippen molar-refractivity contribution < 1.29 is 17.9 Å². The standard InChI is InChI=1S/C11H13N3O4S2/c1-2-18-11(15)9-6-10(14-13-9)20(16,17)12-7-8-4-3-5-19-8/h3-6,12H,2,7H2,1H3,(H,13,14). The molecule has 0 spiro atoms. The number of carbonyl (C=O) groups is 1. The molecule has 0 aliphatic carbocycles. The molecule has 0 atom stereocenters. The van der Waals surface area contributed by atoms with E-state index in [9.17, 15) is 13.2 Å². The van der Waals surface area contributed by atoms with Crippen LogP contribution in [-0.2, 0) is 21.3 Å². The molecular formula is C11H13N3O4S2. The van der Waals surface area contributed by atoms with Crippen molar-refractivity contribution in [3.63, 3.8) is 0 Å². The Hall–Kier alpha value is -1.71. The average Bonchev–Trinajstić information content (AvgIpc) is 3.08. The minimum atomic E-state index is -3.73. The Morgan fingerprint density at radius 2 is 2.35 bits per heavy atom. The second-order valence-electron chi connectivity index (χ2n) is 3.74. The molecule has 9 heteroatoms. The minimum absolute atomic E-state index is 0.0663. The summed E-state index contributed by atoms with van der Waals surface area (Å²) < 4.78 is 31.1. The Morgan fingerprint density at radius 1 is 1.55 bits per heavy atom. The number of aromatic amines is 1. The van der Waals surface area contributed by atoms with E-state index in [1.54, 1.807) is 6.92 Å². The van der Waals surface area contributed by atoms with E-state index >= 15 is 0 Å². The molecule has 2 aromatic heterocycles. The number of sulfonamides is 1. The summed E-state index contributed by atoms with van der Waals surface area (Å²) in [4.78, 5) is 12.3. The van der Waals surface area contributed by atoms with Gasteiger partial charge in [-0.15, -0.1) is 11.3 Å². The Labute approximate surface area is 120 Å². The van der Waals surface area contributed by atoms with E-state index in [2.05, 4.69) is 14.9 Å². The summed E-state index contributed by atoms with van der Waals surface area (Å²) in [5.74, 6) is -0.663. The zero-order valence-electron chi connectivity index (χ0n) is 10.6. The molecule has 0 bridgehead atoms. The summed E-state index contributed by atoms with van der Waals surface area (Å²) >= 11 is 1.45. The highest BCUT2D eigenvalue weighted by molar-refractivity contribution is 7.89. The lowest BCUT2D eigenvalue weighted by molar-refractivity contribution is 0.0519. The average molecular weight is 315 g/mol. The number of rotatable bonds is 6. The zero-order valence-corrected chi connectivity index (χ0v) is 12.3. The van der Waals surface area contributed by atoms with Gasteiger partial charge in [-0.3, -0.25) is 5.10 Å². The van der Waals surface area contributed by atoms with Crippen molar-refractivity contribution in [2.45, 2.75) is 18.5 Å². The molecule has 7 nitrogen and oxygen atoms in total. The maximum atomic E-state index is 12.0. The maximum Gasteiger partial charge on any atom is 0.358 e. The van der Waals surface area contributed by atoms with E-state index < -0.39 is 16.0 Å². The third kappa shape index (κ3) is 3.44. The quantitative estimate of drug-likeness (QED) is 0.778. The Morgan fingerprint density at radius 3 is 3.00 bits per heavy atom. The molecule has 2 N–H and O–H groups in total. The normalized spacial score (nSPS) is 11.4. The number of ether oxygens (including phenoxy) is 1. The van der Waals surface area contributed by atoms with E-state index in [-0.39, 0.29) is 23.9 Å². The zero-order chi connectivity index (χ0) is 14.6. The second-order valence-corrected chi connectivity index (χ2v) is 6.51. The van der Waals surface area contributed by atoms with Crippen molar-refractivity contribution in [2.75, 3.05) is 6.61 Å². The second kappa shape index (κ2) is 6.16. The molecule has 0 fully saturated rings. The maximum absolute atomic E-state index is 12.0. The van der Waals surface area contributed by atoms with Gasteiger partial charge in [0.2, 0.25) is 0 Å². The van der Waals surface area contributed by atoms with Gasteiger partial charge in [-0.25, -0.2) is 17.9 Å². The number of esters is 1. The van der Waals surface area contributed by atoms with Gasteiger partial charge in [0.05, 0.1) is 6.61 Å². The van der Waals surface area contributed by atoms with E-state index in [1.165, 1.54) is 11.3 Å². The highest BCUT2D eigenvalue weighted by atomic mass is 32.2. The molecule has 0 aliphatic rings. The van der Waals surface area contributed by atoms with Gasteiger partial charge in [-0.05, 0) is 18.4 Å². The van der Waals surface area contributed by atoms with Crippen molar-refractivity contribution in [2.24, 2.45) is 0 Å². The van der Waals surface area contributed by atoms with Crippen LogP contribution in [0.3, 0.4) is 0 Å². The van der Waals surface area contributed by atoms with Crippen LogP contribution < -0.4 is 4.72 Å². The topological polar surface area (TPSA) is 101 Å². The van der Waals surface area contributed by atoms with Gasteiger partial charge in [0.25, 0.3) is 10.0 Å². The van der Waals surface area contributed by atoms with Crippen LogP contribution in [0.4, 0.5) is 0 Å². The van der Waals surface area contributed by atoms with Crippen LogP contribution in [0.1, 0.15) is 22.3 Å². The lowest BCUT2D eigenvalue weighted by atomic mass is 10.4. The predicted octanol–water partition coefficient (Wildman–Crippen LogP) is 1.13. The van der Waals surface area contributed by atoms with Gasteiger partial charge in [-0.2, -0.15) is 5.10 Å². The first-order chi connectivity index (χ1) is 9.53. The Balaban J connectivity index is 2.08. The van der Waals surface area contributed by atoms with Crippen LogP contribution in [0.2, 0.25) is 0 Å². The van der Waals surface area contributed by atoms with Gasteiger partial charge in [-0.1, -0.05) is 6.07 Å². The summed E-state index contributed by atoms with van der Waals surface area (Å²) in [7, 11) is -3.73. The first kappa shape index (κ1) is 14.7. The molecule has 0 saturated heterocycles. The van der Waals surface area contributed by atoms with Gasteiger partial charge >= 0.3 is 5.97 Å². The number of thiophene rings is 1. The smallest absolute Gasteiger partial charge is 0.358 e. The summed E-state index contributed by atoms with van der Waals surface area (Å²) in [5.41, 5.74) is -0.0663. The fraction of sp³-hybridized carbons (Fsp3) is 0.273. The number of H-pyrrole nitrogens is 1. The molecule has 0 amide bonds. The highest BCUT2D eigenvalue weighted by Gasteiger charge is 2.20. The number of nitrogens with zero attached hydrogens (tertiary/aromatic N) is 1. The lowest BCUT2D eigenvalue weighted by Crippen LogP contribution is -2.23. The fourth-order valence-electron chi connectivity index (χ4n) is 1.41. The van der Waals surface area contributed by atoms with Crippen molar-refractivity contribution in [1.82, 2.24) is 14.9 Å². The summed E-state index contributed by atoms with van der Waals surface area (Å²) in [5, 5.41) is 7.64. The minimum Gasteiger partial charge on any atom is -0.461 e. The monoisotopic (exact) mass is 315 g/mol. The van der Waals surface area contributed by atoms with E-state index in [0.717, 1.165) is 10.9 Å². The van der Waals surface area contributed by atoms with Crippen LogP contribution in [0, 0.1) is 0 Å². The summed E-state index contributed by atoms with van der Waals surface area (Å²) in [6, 6.07) is 4.81. The molecule has 0 aromatic carbocycles. The Bertz CT molecular complexity index is 676. The van der Waals surface area contributed by atoms with Gasteiger partial charge < -0.3 is 4.74 Å². The fourth-order valence-corrected chi connectivity index (χ4v) is 3.08. The van der Waals surface area contributed by atoms with E-state index in [1.807, 2.05) is 17.5 Å². The lowest BCUT2D eigenvalue weighted by Gasteiger charge is -2.02. The summed E-state index contributed by atoms with van der Waals surface area (Å²) in [6.07, 6.45) is 0. The van der Waals surface area contributed by atoms with Crippen molar-refractivity contribution >= 4 is 27.3 Å². The van der Waals surface area contributed by atoms with Gasteiger partial charge in [0.15, 0.2) is 10.7 Å². The molecule has 2 aromatic rings. The van der Waals surface area contributed by atoms with Crippen LogP contribution in [0.15, 0.2) is 28.6 Å². The van der Waals surface area contributed by atoms with Crippen molar-refractivity contribution in [1.29, 1.82) is 0 Å². The third-order valence-corrected chi connectivity index (χ3v) is 4.53. The predicted molar refractivity (Wildman–Crippen MR) is 72.9 cm³/mol. The molecule has 0 unspecified atom stereocenters. The van der Waals surface area contributed by atoms with Crippen molar-refractivity contribution in [3.05, 3.63) is 34.2 Å². The Kier molecular flexibility index (Phi) is 4.53. The molecule has 2 rings (SSSR count). The number of hydrogen-bond acceptors (Lipinski definition) is 6. The van der Waals surface area contributed by atoms with Crippen LogP contribution in [0.5, 0.6) is 0 Å². The first-order valence-corrected chi connectivity index (χ1v) is 8.14. The first-order valence-electron chi connectivity index (χ1n) is 5.77. The highest BCUT2D eigenvalue weighted by Crippen LogP contribution is 2.11. The molecule has 108 valence electrons. The van der Waals surface area contributed by atoms with Crippen LogP contribution in [-0.4, -0.2) is 31.2 Å². The van der Waals surface area contributed by atoms with E-state index in [4.69, 9.17) is 4.74 Å². The third-order valence-electron chi connectivity index (χ3n) is 2.34. The number of aromatic nitrogens is 2. The van der Waals surface area contributed by atoms with Crippen LogP contribution in [0.25, 0.3) is 0 Å². The largest absolute Gasteiger partial charge is 0.461 e. The SMILES string of the molecule is CCOC(=O)c1cc(S(=O)(=O)NCc2cccs2)[nH]n1. The summed E-state index contributed by atoms with van der Waals surface area (Å²) in [6.45, 7) is 2.04. The van der Waals surface area contributed by atoms with Gasteiger partial charge in [0.1, 0.15) is 0 Å². The van der Waals surface area contributed by atoms with Gasteiger partial charge in [0, 0.05) is 17.5 Å². The molecule has 20 heavy (non-hydrogen) atoms. The molecule has 0 aliphatic heterocycles. The molecular weight excluding hydrogens is 302 g/mol. The molecule has 0 saturated carbocycles.